The first-order chi connectivity index (χ1) is 13.9. The number of hydrogen-bond donors (Lipinski definition) is 0. The third-order valence-corrected chi connectivity index (χ3v) is 5.77. The van der Waals surface area contributed by atoms with Crippen molar-refractivity contribution in [1.82, 2.24) is 24.7 Å². The van der Waals surface area contributed by atoms with Crippen LogP contribution in [0.25, 0.3) is 10.9 Å². The molecule has 2 unspecified atom stereocenters. The summed E-state index contributed by atoms with van der Waals surface area (Å²) in [6.07, 6.45) is -0.585. The Bertz CT molecular complexity index is 1110. The minimum absolute atomic E-state index is 0.00180. The minimum atomic E-state index is -0.630. The third-order valence-electron chi connectivity index (χ3n) is 5.11. The van der Waals surface area contributed by atoms with Gasteiger partial charge in [0.15, 0.2) is 17.0 Å². The highest BCUT2D eigenvalue weighted by molar-refractivity contribution is 9.18. The van der Waals surface area contributed by atoms with Gasteiger partial charge in [-0.15, -0.1) is 5.92 Å². The van der Waals surface area contributed by atoms with Crippen molar-refractivity contribution >= 4 is 43.5 Å². The Morgan fingerprint density at radius 1 is 1.21 bits per heavy atom. The number of fused-ring (bicyclic) bond motifs is 2. The number of urea groups is 1. The number of imide groups is 1. The molecule has 0 aliphatic carbocycles. The molecule has 1 saturated heterocycles. The topological polar surface area (TPSA) is 82.0 Å². The van der Waals surface area contributed by atoms with E-state index < -0.39 is 18.2 Å². The summed E-state index contributed by atoms with van der Waals surface area (Å²) < 4.78 is 0.517. The Morgan fingerprint density at radius 2 is 1.97 bits per heavy atom. The quantitative estimate of drug-likeness (QED) is 0.523. The van der Waals surface area contributed by atoms with Gasteiger partial charge in [-0.25, -0.2) is 19.8 Å². The maximum atomic E-state index is 13.3. The Hall–Kier alpha value is -2.99. The van der Waals surface area contributed by atoms with Gasteiger partial charge in [0.1, 0.15) is 5.82 Å². The molecule has 3 amide bonds. The number of carbonyl (C=O) groups is 2. The SMILES string of the molecule is CC#CCN1C(Br)=NC2C1C(=O)N(Cc1nc(C)c3ccccc3n1)C(=O)N2C. The van der Waals surface area contributed by atoms with Gasteiger partial charge >= 0.3 is 6.03 Å². The van der Waals surface area contributed by atoms with E-state index in [2.05, 4.69) is 42.7 Å². The van der Waals surface area contributed by atoms with E-state index >= 15 is 0 Å². The first-order valence-electron chi connectivity index (χ1n) is 9.12. The minimum Gasteiger partial charge on any atom is -0.324 e. The summed E-state index contributed by atoms with van der Waals surface area (Å²) in [5, 5.41) is 0.946. The van der Waals surface area contributed by atoms with Crippen molar-refractivity contribution in [3.63, 3.8) is 0 Å². The van der Waals surface area contributed by atoms with Gasteiger partial charge in [0.05, 0.1) is 18.6 Å². The molecule has 0 bridgehead atoms. The molecule has 3 heterocycles. The maximum absolute atomic E-state index is 13.3. The smallest absolute Gasteiger partial charge is 0.324 e. The number of benzene rings is 1. The molecule has 2 aromatic rings. The summed E-state index contributed by atoms with van der Waals surface area (Å²) in [5.74, 6) is 5.88. The van der Waals surface area contributed by atoms with Crippen LogP contribution >= 0.6 is 15.9 Å². The lowest BCUT2D eigenvalue weighted by atomic mass is 10.1. The fourth-order valence-electron chi connectivity index (χ4n) is 3.63. The van der Waals surface area contributed by atoms with Crippen LogP contribution in [0.3, 0.4) is 0 Å². The molecule has 8 nitrogen and oxygen atoms in total. The van der Waals surface area contributed by atoms with Gasteiger partial charge in [-0.1, -0.05) is 24.1 Å². The summed E-state index contributed by atoms with van der Waals surface area (Å²) in [7, 11) is 1.64. The van der Waals surface area contributed by atoms with Gasteiger partial charge in [-0.3, -0.25) is 9.69 Å². The van der Waals surface area contributed by atoms with Crippen molar-refractivity contribution in [1.29, 1.82) is 0 Å². The first kappa shape index (κ1) is 19.3. The van der Waals surface area contributed by atoms with Crippen molar-refractivity contribution in [3.8, 4) is 11.8 Å². The average molecular weight is 455 g/mol. The molecule has 0 N–H and O–H groups in total. The Labute approximate surface area is 176 Å². The van der Waals surface area contributed by atoms with Crippen LogP contribution in [-0.4, -0.2) is 67.2 Å². The van der Waals surface area contributed by atoms with Crippen molar-refractivity contribution in [2.24, 2.45) is 4.99 Å². The number of halogens is 1. The number of likely N-dealkylation sites (N-methyl/N-ethyl adjacent to an activating group) is 1. The van der Waals surface area contributed by atoms with E-state index in [0.717, 1.165) is 16.6 Å². The zero-order valence-corrected chi connectivity index (χ0v) is 17.8. The lowest BCUT2D eigenvalue weighted by molar-refractivity contribution is -0.137. The number of hydrogen-bond acceptors (Lipinski definition) is 6. The van der Waals surface area contributed by atoms with Gasteiger partial charge in [0.25, 0.3) is 5.91 Å². The lowest BCUT2D eigenvalue weighted by Crippen LogP contribution is -2.64. The highest BCUT2D eigenvalue weighted by Crippen LogP contribution is 2.30. The second-order valence-corrected chi connectivity index (χ2v) is 7.58. The van der Waals surface area contributed by atoms with Gasteiger partial charge in [0.2, 0.25) is 0 Å². The number of amidine groups is 1. The van der Waals surface area contributed by atoms with Crippen LogP contribution in [-0.2, 0) is 11.3 Å². The van der Waals surface area contributed by atoms with E-state index in [1.165, 1.54) is 9.80 Å². The van der Waals surface area contributed by atoms with Gasteiger partial charge in [0, 0.05) is 18.1 Å². The lowest BCUT2D eigenvalue weighted by Gasteiger charge is -2.40. The third kappa shape index (κ3) is 3.23. The average Bonchev–Trinajstić information content (AvgIpc) is 3.04. The second-order valence-electron chi connectivity index (χ2n) is 6.87. The molecule has 0 radical (unpaired) electrons. The molecule has 1 aromatic carbocycles. The molecule has 2 aliphatic heterocycles. The van der Waals surface area contributed by atoms with E-state index in [1.807, 2.05) is 31.2 Å². The number of rotatable bonds is 3. The monoisotopic (exact) mass is 454 g/mol. The van der Waals surface area contributed by atoms with Gasteiger partial charge < -0.3 is 9.80 Å². The largest absolute Gasteiger partial charge is 0.328 e. The fraction of sp³-hybridized carbons (Fsp3) is 0.350. The molecular weight excluding hydrogens is 436 g/mol. The van der Waals surface area contributed by atoms with Gasteiger partial charge in [-0.05, 0) is 35.8 Å². The number of nitrogens with zero attached hydrogens (tertiary/aromatic N) is 6. The predicted octanol–water partition coefficient (Wildman–Crippen LogP) is 2.12. The van der Waals surface area contributed by atoms with Crippen molar-refractivity contribution in [3.05, 3.63) is 35.8 Å². The van der Waals surface area contributed by atoms with E-state index in [4.69, 9.17) is 0 Å². The number of aryl methyl sites for hydroxylation is 1. The summed E-state index contributed by atoms with van der Waals surface area (Å²) >= 11 is 3.40. The van der Waals surface area contributed by atoms with Crippen LogP contribution in [0.2, 0.25) is 0 Å². The zero-order chi connectivity index (χ0) is 20.7. The maximum Gasteiger partial charge on any atom is 0.328 e. The molecule has 2 atom stereocenters. The predicted molar refractivity (Wildman–Crippen MR) is 112 cm³/mol. The summed E-state index contributed by atoms with van der Waals surface area (Å²) in [4.78, 5) is 44.1. The molecule has 1 aromatic heterocycles. The number of carbonyl (C=O) groups excluding carboxylic acids is 2. The molecule has 9 heteroatoms. The van der Waals surface area contributed by atoms with Crippen LogP contribution < -0.4 is 0 Å². The normalized spacial score (nSPS) is 21.2. The van der Waals surface area contributed by atoms with Crippen molar-refractivity contribution in [2.45, 2.75) is 32.6 Å². The Kier molecular flexibility index (Phi) is 4.96. The first-order valence-corrected chi connectivity index (χ1v) is 9.91. The molecule has 0 saturated carbocycles. The van der Waals surface area contributed by atoms with Crippen LogP contribution in [0.1, 0.15) is 18.4 Å². The summed E-state index contributed by atoms with van der Waals surface area (Å²) in [6, 6.07) is 6.62. The number of aliphatic imine (C=N–C) groups is 1. The number of aromatic nitrogens is 2. The number of amides is 3. The molecule has 0 spiro atoms. The van der Waals surface area contributed by atoms with Crippen LogP contribution in [0.15, 0.2) is 29.3 Å². The Morgan fingerprint density at radius 3 is 2.72 bits per heavy atom. The fourth-order valence-corrected chi connectivity index (χ4v) is 4.18. The van der Waals surface area contributed by atoms with Crippen molar-refractivity contribution in [2.75, 3.05) is 13.6 Å². The van der Waals surface area contributed by atoms with E-state index in [0.29, 0.717) is 17.1 Å². The van der Waals surface area contributed by atoms with E-state index in [1.54, 1.807) is 18.9 Å². The highest BCUT2D eigenvalue weighted by Gasteiger charge is 2.51. The van der Waals surface area contributed by atoms with E-state index in [-0.39, 0.29) is 12.5 Å². The van der Waals surface area contributed by atoms with Crippen LogP contribution in [0.4, 0.5) is 4.79 Å². The zero-order valence-electron chi connectivity index (χ0n) is 16.3. The Balaban J connectivity index is 1.67. The molecule has 29 heavy (non-hydrogen) atoms. The summed E-state index contributed by atoms with van der Waals surface area (Å²) in [6.45, 7) is 3.97. The van der Waals surface area contributed by atoms with Crippen LogP contribution in [0, 0.1) is 18.8 Å². The molecule has 1 fully saturated rings. The van der Waals surface area contributed by atoms with Gasteiger partial charge in [-0.2, -0.15) is 0 Å². The van der Waals surface area contributed by atoms with Crippen LogP contribution in [0.5, 0.6) is 0 Å². The molecular formula is C20H19BrN6O2. The molecule has 148 valence electrons. The standard InChI is InChI=1S/C20H19BrN6O2/c1-4-5-10-26-16-17(24-19(26)21)25(3)20(29)27(18(16)28)11-15-22-12(2)13-8-6-7-9-14(13)23-15/h6-9,16-17H,10-11H2,1-3H3. The highest BCUT2D eigenvalue weighted by atomic mass is 79.9. The summed E-state index contributed by atoms with van der Waals surface area (Å²) in [5.41, 5.74) is 1.59. The number of para-hydroxylation sites is 1. The van der Waals surface area contributed by atoms with E-state index in [9.17, 15) is 9.59 Å². The molecule has 2 aliphatic rings. The second kappa shape index (κ2) is 7.44. The molecule has 4 rings (SSSR count). The van der Waals surface area contributed by atoms with Crippen molar-refractivity contribution < 1.29 is 9.59 Å².